The molecule has 100 valence electrons. The van der Waals surface area contributed by atoms with Gasteiger partial charge >= 0.3 is 0 Å². The second-order valence-corrected chi connectivity index (χ2v) is 5.29. The van der Waals surface area contributed by atoms with Crippen LogP contribution in [0.5, 0.6) is 0 Å². The summed E-state index contributed by atoms with van der Waals surface area (Å²) >= 11 is 4.67. The minimum atomic E-state index is -0.987. The first-order chi connectivity index (χ1) is 8.22. The average Bonchev–Trinajstić information content (AvgIpc) is 2.31. The number of nitrogens with zero attached hydrogens (tertiary/aromatic N) is 1. The second-order valence-electron chi connectivity index (χ2n) is 4.85. The highest BCUT2D eigenvalue weighted by atomic mass is 32.1. The standard InChI is InChI=1S/C13H18F2N2S/c1-5-13(2,3)17(4)9-7-6-8(12(16)18)10(14)11(9)15/h6-7H,5H2,1-4H3,(H2,16,18). The second kappa shape index (κ2) is 5.18. The van der Waals surface area contributed by atoms with Gasteiger partial charge in [-0.3, -0.25) is 0 Å². The summed E-state index contributed by atoms with van der Waals surface area (Å²) < 4.78 is 27.8. The molecule has 0 aliphatic rings. The van der Waals surface area contributed by atoms with Crippen molar-refractivity contribution in [3.8, 4) is 0 Å². The monoisotopic (exact) mass is 272 g/mol. The van der Waals surface area contributed by atoms with Crippen LogP contribution in [0.2, 0.25) is 0 Å². The molecule has 18 heavy (non-hydrogen) atoms. The molecule has 1 aromatic rings. The third-order valence-electron chi connectivity index (χ3n) is 3.46. The van der Waals surface area contributed by atoms with Gasteiger partial charge in [-0.2, -0.15) is 0 Å². The van der Waals surface area contributed by atoms with E-state index < -0.39 is 11.6 Å². The van der Waals surface area contributed by atoms with Crippen molar-refractivity contribution in [3.05, 3.63) is 29.3 Å². The van der Waals surface area contributed by atoms with Gasteiger partial charge in [0.1, 0.15) is 4.99 Å². The van der Waals surface area contributed by atoms with Crippen molar-refractivity contribution in [1.82, 2.24) is 0 Å². The largest absolute Gasteiger partial charge is 0.389 e. The first-order valence-electron chi connectivity index (χ1n) is 5.74. The molecule has 1 aromatic carbocycles. The van der Waals surface area contributed by atoms with E-state index in [2.05, 4.69) is 12.2 Å². The highest BCUT2D eigenvalue weighted by Crippen LogP contribution is 2.29. The minimum absolute atomic E-state index is 0.0612. The molecule has 0 saturated carbocycles. The van der Waals surface area contributed by atoms with Crippen molar-refractivity contribution in [3.63, 3.8) is 0 Å². The number of anilines is 1. The predicted molar refractivity (Wildman–Crippen MR) is 75.0 cm³/mol. The van der Waals surface area contributed by atoms with Gasteiger partial charge in [0.05, 0.1) is 5.69 Å². The molecule has 0 bridgehead atoms. The average molecular weight is 272 g/mol. The Morgan fingerprint density at radius 3 is 2.33 bits per heavy atom. The summed E-state index contributed by atoms with van der Waals surface area (Å²) in [6.07, 6.45) is 0.807. The fraction of sp³-hybridized carbons (Fsp3) is 0.462. The highest BCUT2D eigenvalue weighted by Gasteiger charge is 2.26. The van der Waals surface area contributed by atoms with Crippen molar-refractivity contribution in [2.45, 2.75) is 32.7 Å². The van der Waals surface area contributed by atoms with Crippen LogP contribution in [0.4, 0.5) is 14.5 Å². The van der Waals surface area contributed by atoms with Gasteiger partial charge in [0.15, 0.2) is 11.6 Å². The summed E-state index contributed by atoms with van der Waals surface area (Å²) in [5.41, 5.74) is 5.21. The molecule has 0 amide bonds. The van der Waals surface area contributed by atoms with Crippen LogP contribution in [-0.4, -0.2) is 17.6 Å². The van der Waals surface area contributed by atoms with E-state index >= 15 is 0 Å². The van der Waals surface area contributed by atoms with Crippen molar-refractivity contribution < 1.29 is 8.78 Å². The summed E-state index contributed by atoms with van der Waals surface area (Å²) in [5.74, 6) is -1.90. The molecule has 1 rings (SSSR count). The fourth-order valence-electron chi connectivity index (χ4n) is 1.55. The van der Waals surface area contributed by atoms with Gasteiger partial charge < -0.3 is 10.6 Å². The van der Waals surface area contributed by atoms with Crippen LogP contribution in [0.3, 0.4) is 0 Å². The molecule has 0 aliphatic heterocycles. The molecule has 2 nitrogen and oxygen atoms in total. The Kier molecular flexibility index (Phi) is 4.27. The Balaban J connectivity index is 3.29. The molecule has 0 aliphatic carbocycles. The molecule has 0 atom stereocenters. The van der Waals surface area contributed by atoms with E-state index in [9.17, 15) is 8.78 Å². The van der Waals surface area contributed by atoms with Gasteiger partial charge in [-0.05, 0) is 32.4 Å². The molecule has 0 spiro atoms. The van der Waals surface area contributed by atoms with Crippen LogP contribution in [0.15, 0.2) is 12.1 Å². The van der Waals surface area contributed by atoms with Crippen LogP contribution < -0.4 is 10.6 Å². The van der Waals surface area contributed by atoms with Gasteiger partial charge in [-0.25, -0.2) is 8.78 Å². The Morgan fingerprint density at radius 2 is 1.89 bits per heavy atom. The topological polar surface area (TPSA) is 29.3 Å². The number of halogens is 2. The Hall–Kier alpha value is -1.23. The lowest BCUT2D eigenvalue weighted by Gasteiger charge is -2.37. The molecule has 0 saturated heterocycles. The summed E-state index contributed by atoms with van der Waals surface area (Å²) in [6.45, 7) is 5.92. The Labute approximate surface area is 112 Å². The van der Waals surface area contributed by atoms with Crippen molar-refractivity contribution in [2.24, 2.45) is 5.73 Å². The smallest absolute Gasteiger partial charge is 0.182 e. The molecule has 5 heteroatoms. The van der Waals surface area contributed by atoms with Crippen molar-refractivity contribution >= 4 is 22.9 Å². The first kappa shape index (κ1) is 14.8. The number of thiocarbonyl (C=S) groups is 1. The van der Waals surface area contributed by atoms with Gasteiger partial charge in [-0.15, -0.1) is 0 Å². The van der Waals surface area contributed by atoms with E-state index in [1.807, 2.05) is 20.8 Å². The van der Waals surface area contributed by atoms with Crippen LogP contribution in [0.25, 0.3) is 0 Å². The van der Waals surface area contributed by atoms with Crippen LogP contribution in [0.1, 0.15) is 32.8 Å². The SMILES string of the molecule is CCC(C)(C)N(C)c1ccc(C(N)=S)c(F)c1F. The van der Waals surface area contributed by atoms with Crippen LogP contribution in [0, 0.1) is 11.6 Å². The van der Waals surface area contributed by atoms with E-state index in [0.29, 0.717) is 0 Å². The zero-order valence-corrected chi connectivity index (χ0v) is 11.9. The maximum Gasteiger partial charge on any atom is 0.182 e. The third kappa shape index (κ3) is 2.61. The van der Waals surface area contributed by atoms with Crippen LogP contribution in [-0.2, 0) is 0 Å². The number of rotatable bonds is 4. The number of hydrogen-bond acceptors (Lipinski definition) is 2. The van der Waals surface area contributed by atoms with E-state index in [1.165, 1.54) is 12.1 Å². The molecular formula is C13H18F2N2S. The first-order valence-corrected chi connectivity index (χ1v) is 6.14. The van der Waals surface area contributed by atoms with E-state index in [-0.39, 0.29) is 21.8 Å². The lowest BCUT2D eigenvalue weighted by Crippen LogP contribution is -2.41. The quantitative estimate of drug-likeness (QED) is 0.853. The fourth-order valence-corrected chi connectivity index (χ4v) is 1.71. The molecule has 0 radical (unpaired) electrons. The number of benzene rings is 1. The number of nitrogens with two attached hydrogens (primary N) is 1. The van der Waals surface area contributed by atoms with E-state index in [0.717, 1.165) is 6.42 Å². The Bertz CT molecular complexity index is 472. The van der Waals surface area contributed by atoms with Gasteiger partial charge in [0.25, 0.3) is 0 Å². The highest BCUT2D eigenvalue weighted by molar-refractivity contribution is 7.80. The predicted octanol–water partition coefficient (Wildman–Crippen LogP) is 3.22. The molecule has 0 unspecified atom stereocenters. The number of hydrogen-bond donors (Lipinski definition) is 1. The summed E-state index contributed by atoms with van der Waals surface area (Å²) in [4.78, 5) is 1.57. The van der Waals surface area contributed by atoms with Gasteiger partial charge in [0.2, 0.25) is 0 Å². The maximum absolute atomic E-state index is 14.0. The van der Waals surface area contributed by atoms with E-state index in [1.54, 1.807) is 11.9 Å². The lowest BCUT2D eigenvalue weighted by atomic mass is 9.98. The van der Waals surface area contributed by atoms with E-state index in [4.69, 9.17) is 5.73 Å². The summed E-state index contributed by atoms with van der Waals surface area (Å²) in [5, 5.41) is 0. The zero-order valence-electron chi connectivity index (χ0n) is 11.1. The Morgan fingerprint density at radius 1 is 1.33 bits per heavy atom. The molecular weight excluding hydrogens is 254 g/mol. The van der Waals surface area contributed by atoms with Crippen molar-refractivity contribution in [2.75, 3.05) is 11.9 Å². The van der Waals surface area contributed by atoms with Crippen LogP contribution >= 0.6 is 12.2 Å². The molecule has 2 N–H and O–H groups in total. The van der Waals surface area contributed by atoms with Gasteiger partial charge in [-0.1, -0.05) is 19.1 Å². The minimum Gasteiger partial charge on any atom is -0.389 e. The lowest BCUT2D eigenvalue weighted by molar-refractivity contribution is 0.451. The zero-order chi connectivity index (χ0) is 14.1. The summed E-state index contributed by atoms with van der Waals surface area (Å²) in [6, 6.07) is 2.92. The maximum atomic E-state index is 14.0. The third-order valence-corrected chi connectivity index (χ3v) is 3.68. The molecule has 0 aromatic heterocycles. The molecule has 0 heterocycles. The normalized spacial score (nSPS) is 11.4. The van der Waals surface area contributed by atoms with Crippen molar-refractivity contribution in [1.29, 1.82) is 0 Å². The van der Waals surface area contributed by atoms with Gasteiger partial charge in [0, 0.05) is 18.2 Å². The summed E-state index contributed by atoms with van der Waals surface area (Å²) in [7, 11) is 1.74. The molecule has 0 fully saturated rings.